The molecule has 1 saturated heterocycles. The molecule has 22 heavy (non-hydrogen) atoms. The van der Waals surface area contributed by atoms with Crippen LogP contribution >= 0.6 is 0 Å². The molecule has 3 rings (SSSR count). The lowest BCUT2D eigenvalue weighted by atomic mass is 10.1. The van der Waals surface area contributed by atoms with E-state index in [1.54, 1.807) is 6.07 Å². The lowest BCUT2D eigenvalue weighted by molar-refractivity contribution is 0.187. The van der Waals surface area contributed by atoms with Crippen LogP contribution in [0.1, 0.15) is 43.0 Å². The first-order valence-electron chi connectivity index (χ1n) is 7.81. The van der Waals surface area contributed by atoms with Gasteiger partial charge in [-0.1, -0.05) is 18.9 Å². The van der Waals surface area contributed by atoms with Crippen LogP contribution in [0.2, 0.25) is 0 Å². The van der Waals surface area contributed by atoms with Crippen molar-refractivity contribution in [2.24, 2.45) is 7.05 Å². The zero-order valence-corrected chi connectivity index (χ0v) is 12.8. The molecule has 0 saturated carbocycles. The summed E-state index contributed by atoms with van der Waals surface area (Å²) in [5, 5.41) is 4.54. The van der Waals surface area contributed by atoms with Gasteiger partial charge in [-0.15, -0.1) is 0 Å². The predicted molar refractivity (Wildman–Crippen MR) is 81.2 cm³/mol. The summed E-state index contributed by atoms with van der Waals surface area (Å²) >= 11 is 0. The quantitative estimate of drug-likeness (QED) is 0.859. The van der Waals surface area contributed by atoms with Gasteiger partial charge in [0, 0.05) is 19.8 Å². The molecule has 118 valence electrons. The van der Waals surface area contributed by atoms with E-state index in [0.29, 0.717) is 6.54 Å². The van der Waals surface area contributed by atoms with Crippen molar-refractivity contribution < 1.29 is 8.78 Å². The number of rotatable bonds is 3. The van der Waals surface area contributed by atoms with E-state index in [9.17, 15) is 8.78 Å². The van der Waals surface area contributed by atoms with Crippen molar-refractivity contribution in [1.29, 1.82) is 0 Å². The molecule has 0 unspecified atom stereocenters. The predicted octanol–water partition coefficient (Wildman–Crippen LogP) is 3.82. The summed E-state index contributed by atoms with van der Waals surface area (Å²) in [6, 6.07) is 6.47. The Kier molecular flexibility index (Phi) is 4.52. The van der Waals surface area contributed by atoms with Crippen molar-refractivity contribution >= 4 is 0 Å². The first-order valence-corrected chi connectivity index (χ1v) is 7.81. The Bertz CT molecular complexity index is 639. The monoisotopic (exact) mass is 305 g/mol. The molecule has 1 aromatic carbocycles. The zero-order valence-electron chi connectivity index (χ0n) is 12.8. The van der Waals surface area contributed by atoms with E-state index in [-0.39, 0.29) is 6.04 Å². The van der Waals surface area contributed by atoms with Crippen LogP contribution in [0, 0.1) is 11.6 Å². The van der Waals surface area contributed by atoms with E-state index in [4.69, 9.17) is 0 Å². The van der Waals surface area contributed by atoms with Crippen LogP contribution in [0.25, 0.3) is 0 Å². The number of benzene rings is 1. The zero-order chi connectivity index (χ0) is 15.5. The van der Waals surface area contributed by atoms with Gasteiger partial charge in [0.2, 0.25) is 0 Å². The van der Waals surface area contributed by atoms with Gasteiger partial charge in [0.25, 0.3) is 0 Å². The average Bonchev–Trinajstić information content (AvgIpc) is 2.79. The van der Waals surface area contributed by atoms with Crippen molar-refractivity contribution in [3.05, 3.63) is 53.4 Å². The Hall–Kier alpha value is -1.75. The van der Waals surface area contributed by atoms with Gasteiger partial charge in [0.1, 0.15) is 0 Å². The molecule has 0 aliphatic carbocycles. The molecule has 2 aromatic rings. The largest absolute Gasteiger partial charge is 0.290 e. The molecular formula is C17H21F2N3. The summed E-state index contributed by atoms with van der Waals surface area (Å²) in [4.78, 5) is 2.34. The van der Waals surface area contributed by atoms with E-state index >= 15 is 0 Å². The smallest absolute Gasteiger partial charge is 0.159 e. The van der Waals surface area contributed by atoms with Crippen LogP contribution in [0.4, 0.5) is 8.78 Å². The fourth-order valence-electron chi connectivity index (χ4n) is 3.18. The first kappa shape index (κ1) is 15.2. The molecule has 2 heterocycles. The van der Waals surface area contributed by atoms with Gasteiger partial charge in [-0.3, -0.25) is 9.58 Å². The topological polar surface area (TPSA) is 21.1 Å². The molecule has 5 heteroatoms. The fraction of sp³-hybridized carbons (Fsp3) is 0.471. The average molecular weight is 305 g/mol. The Labute approximate surface area is 129 Å². The van der Waals surface area contributed by atoms with E-state index in [1.807, 2.05) is 24.0 Å². The number of nitrogens with zero attached hydrogens (tertiary/aromatic N) is 3. The molecule has 0 spiro atoms. The second-order valence-corrected chi connectivity index (χ2v) is 6.00. The van der Waals surface area contributed by atoms with E-state index < -0.39 is 11.6 Å². The maximum atomic E-state index is 13.4. The summed E-state index contributed by atoms with van der Waals surface area (Å²) in [6.07, 6.45) is 6.52. The number of aryl methyl sites for hydroxylation is 1. The van der Waals surface area contributed by atoms with E-state index in [1.165, 1.54) is 25.0 Å². The number of hydrogen-bond donors (Lipinski definition) is 0. The Morgan fingerprint density at radius 2 is 2.00 bits per heavy atom. The van der Waals surface area contributed by atoms with Crippen LogP contribution in [0.15, 0.2) is 30.5 Å². The van der Waals surface area contributed by atoms with Gasteiger partial charge in [-0.25, -0.2) is 8.78 Å². The van der Waals surface area contributed by atoms with Gasteiger partial charge >= 0.3 is 0 Å². The third-order valence-corrected chi connectivity index (χ3v) is 4.31. The van der Waals surface area contributed by atoms with Crippen LogP contribution < -0.4 is 0 Å². The molecule has 3 nitrogen and oxygen atoms in total. The molecule has 1 aliphatic heterocycles. The second kappa shape index (κ2) is 6.57. The summed E-state index contributed by atoms with van der Waals surface area (Å²) in [5.41, 5.74) is 1.87. The van der Waals surface area contributed by atoms with Crippen LogP contribution in [0.3, 0.4) is 0 Å². The van der Waals surface area contributed by atoms with Crippen LogP contribution in [-0.2, 0) is 13.6 Å². The van der Waals surface area contributed by atoms with Crippen molar-refractivity contribution in [3.8, 4) is 0 Å². The first-order chi connectivity index (χ1) is 10.6. The van der Waals surface area contributed by atoms with Crippen LogP contribution in [0.5, 0.6) is 0 Å². The minimum Gasteiger partial charge on any atom is -0.290 e. The van der Waals surface area contributed by atoms with Gasteiger partial charge in [0.05, 0.1) is 11.7 Å². The van der Waals surface area contributed by atoms with E-state index in [2.05, 4.69) is 10.00 Å². The highest BCUT2D eigenvalue weighted by Gasteiger charge is 2.24. The SMILES string of the molecule is Cn1ccc([C@H]2CCCCCN2Cc2ccc(F)c(F)c2)n1. The molecule has 0 bridgehead atoms. The van der Waals surface area contributed by atoms with Crippen molar-refractivity contribution in [1.82, 2.24) is 14.7 Å². The fourth-order valence-corrected chi connectivity index (χ4v) is 3.18. The third-order valence-electron chi connectivity index (χ3n) is 4.31. The second-order valence-electron chi connectivity index (χ2n) is 6.00. The van der Waals surface area contributed by atoms with Gasteiger partial charge in [-0.2, -0.15) is 5.10 Å². The summed E-state index contributed by atoms with van der Waals surface area (Å²) in [6.45, 7) is 1.58. The molecule has 1 aliphatic rings. The normalized spacial score (nSPS) is 20.0. The molecule has 1 aromatic heterocycles. The standard InChI is InChI=1S/C17H21F2N3/c1-21-10-8-16(20-21)17-5-3-2-4-9-22(17)12-13-6-7-14(18)15(19)11-13/h6-8,10-11,17H,2-5,9,12H2,1H3/t17-/m1/s1. The summed E-state index contributed by atoms with van der Waals surface area (Å²) in [5.74, 6) is -1.57. The number of halogens is 2. The maximum absolute atomic E-state index is 13.4. The molecule has 0 radical (unpaired) electrons. The number of likely N-dealkylation sites (tertiary alicyclic amines) is 1. The molecular weight excluding hydrogens is 284 g/mol. The Morgan fingerprint density at radius 3 is 2.73 bits per heavy atom. The molecule has 0 N–H and O–H groups in total. The highest BCUT2D eigenvalue weighted by Crippen LogP contribution is 2.30. The van der Waals surface area contributed by atoms with Gasteiger partial charge in [-0.05, 0) is 43.1 Å². The summed E-state index contributed by atoms with van der Waals surface area (Å²) in [7, 11) is 1.92. The minimum absolute atomic E-state index is 0.247. The highest BCUT2D eigenvalue weighted by atomic mass is 19.2. The molecule has 1 atom stereocenters. The maximum Gasteiger partial charge on any atom is 0.159 e. The minimum atomic E-state index is -0.791. The van der Waals surface area contributed by atoms with Gasteiger partial charge in [0.15, 0.2) is 11.6 Å². The van der Waals surface area contributed by atoms with Crippen molar-refractivity contribution in [3.63, 3.8) is 0 Å². The Morgan fingerprint density at radius 1 is 1.14 bits per heavy atom. The lowest BCUT2D eigenvalue weighted by Crippen LogP contribution is -2.28. The van der Waals surface area contributed by atoms with Crippen molar-refractivity contribution in [2.45, 2.75) is 38.3 Å². The molecule has 0 amide bonds. The van der Waals surface area contributed by atoms with E-state index in [0.717, 1.165) is 30.6 Å². The number of hydrogen-bond acceptors (Lipinski definition) is 2. The highest BCUT2D eigenvalue weighted by molar-refractivity contribution is 5.18. The van der Waals surface area contributed by atoms with Crippen molar-refractivity contribution in [2.75, 3.05) is 6.54 Å². The summed E-state index contributed by atoms with van der Waals surface area (Å²) < 4.78 is 28.3. The molecule has 1 fully saturated rings. The lowest BCUT2D eigenvalue weighted by Gasteiger charge is -2.28. The number of aromatic nitrogens is 2. The third kappa shape index (κ3) is 3.35. The van der Waals surface area contributed by atoms with Gasteiger partial charge < -0.3 is 0 Å². The van der Waals surface area contributed by atoms with Crippen LogP contribution in [-0.4, -0.2) is 21.2 Å². The Balaban J connectivity index is 1.82.